The maximum atomic E-state index is 14.0. The van der Waals surface area contributed by atoms with Crippen molar-refractivity contribution in [3.63, 3.8) is 0 Å². The Morgan fingerprint density at radius 3 is 1.91 bits per heavy atom. The normalized spacial score (nSPS) is 27.1. The molecule has 1 aliphatic heterocycles. The lowest BCUT2D eigenvalue weighted by Gasteiger charge is -2.51. The van der Waals surface area contributed by atoms with Gasteiger partial charge in [-0.2, -0.15) is 0 Å². The standard InChI is InChI=1S/C27H22N2O3/c1-15(30)28-16-11-13-17(14-12-16)29-25(31)24-22-18-7-3-5-9-20(18)23(27(24,2)26(29)32)21-10-6-4-8-19(21)22/h3-14,22-24H,1-2H3,(H,28,30)/t22?,23?,24-,27-/m0/s1. The highest BCUT2D eigenvalue weighted by molar-refractivity contribution is 6.25. The van der Waals surface area contributed by atoms with Crippen LogP contribution in [0.4, 0.5) is 11.4 Å². The Kier molecular flexibility index (Phi) is 3.79. The smallest absolute Gasteiger partial charge is 0.241 e. The molecule has 0 saturated carbocycles. The van der Waals surface area contributed by atoms with Crippen LogP contribution >= 0.6 is 0 Å². The molecule has 1 fully saturated rings. The van der Waals surface area contributed by atoms with Gasteiger partial charge in [0.2, 0.25) is 17.7 Å². The van der Waals surface area contributed by atoms with Gasteiger partial charge in [0, 0.05) is 24.4 Å². The molecule has 158 valence electrons. The van der Waals surface area contributed by atoms with Crippen molar-refractivity contribution in [3.05, 3.63) is 95.1 Å². The molecule has 3 aromatic rings. The number of imide groups is 1. The third-order valence-electron chi connectivity index (χ3n) is 7.46. The third kappa shape index (κ3) is 2.25. The maximum Gasteiger partial charge on any atom is 0.241 e. The van der Waals surface area contributed by atoms with Crippen molar-refractivity contribution in [2.24, 2.45) is 11.3 Å². The second-order valence-corrected chi connectivity index (χ2v) is 9.14. The van der Waals surface area contributed by atoms with Crippen LogP contribution in [0.3, 0.4) is 0 Å². The molecule has 5 nitrogen and oxygen atoms in total. The van der Waals surface area contributed by atoms with Crippen LogP contribution in [0, 0.1) is 11.3 Å². The summed E-state index contributed by atoms with van der Waals surface area (Å²) in [6, 6.07) is 23.4. The SMILES string of the molecule is CC(=O)Nc1ccc(N2C(=O)[C@@H]3C4c5ccccc5C(c5ccccc54)[C@]3(C)C2=O)cc1. The topological polar surface area (TPSA) is 66.5 Å². The van der Waals surface area contributed by atoms with E-state index >= 15 is 0 Å². The van der Waals surface area contributed by atoms with Crippen LogP contribution in [-0.2, 0) is 14.4 Å². The molecular formula is C27H22N2O3. The van der Waals surface area contributed by atoms with E-state index in [1.165, 1.54) is 11.8 Å². The number of carbonyl (C=O) groups excluding carboxylic acids is 3. The second-order valence-electron chi connectivity index (χ2n) is 9.14. The number of hydrogen-bond donors (Lipinski definition) is 1. The third-order valence-corrected chi connectivity index (χ3v) is 7.46. The van der Waals surface area contributed by atoms with Gasteiger partial charge in [-0.3, -0.25) is 14.4 Å². The zero-order valence-electron chi connectivity index (χ0n) is 17.8. The first kappa shape index (κ1) is 19.0. The van der Waals surface area contributed by atoms with Crippen LogP contribution in [0.1, 0.15) is 47.9 Å². The number of rotatable bonds is 2. The average Bonchev–Trinajstić information content (AvgIpc) is 3.00. The molecule has 3 aromatic carbocycles. The van der Waals surface area contributed by atoms with E-state index in [1.807, 2.05) is 31.2 Å². The molecule has 1 heterocycles. The molecule has 0 radical (unpaired) electrons. The highest BCUT2D eigenvalue weighted by Gasteiger charge is 2.68. The maximum absolute atomic E-state index is 14.0. The van der Waals surface area contributed by atoms with Gasteiger partial charge in [-0.1, -0.05) is 48.5 Å². The van der Waals surface area contributed by atoms with E-state index in [-0.39, 0.29) is 29.6 Å². The summed E-state index contributed by atoms with van der Waals surface area (Å²) in [5.74, 6) is -1.22. The minimum atomic E-state index is -0.846. The van der Waals surface area contributed by atoms with Crippen LogP contribution < -0.4 is 10.2 Å². The van der Waals surface area contributed by atoms with Crippen LogP contribution in [0.2, 0.25) is 0 Å². The van der Waals surface area contributed by atoms with Crippen molar-refractivity contribution in [1.29, 1.82) is 0 Å². The van der Waals surface area contributed by atoms with Gasteiger partial charge in [0.05, 0.1) is 17.0 Å². The summed E-state index contributed by atoms with van der Waals surface area (Å²) in [4.78, 5) is 40.5. The minimum absolute atomic E-state index is 0.141. The van der Waals surface area contributed by atoms with Gasteiger partial charge in [-0.25, -0.2) is 4.90 Å². The largest absolute Gasteiger partial charge is 0.326 e. The first-order valence-corrected chi connectivity index (χ1v) is 10.9. The highest BCUT2D eigenvalue weighted by Crippen LogP contribution is 2.67. The van der Waals surface area contributed by atoms with Crippen LogP contribution in [0.5, 0.6) is 0 Å². The molecule has 7 rings (SSSR count). The van der Waals surface area contributed by atoms with Gasteiger partial charge in [-0.15, -0.1) is 0 Å². The number of amides is 3. The van der Waals surface area contributed by atoms with E-state index < -0.39 is 11.3 Å². The van der Waals surface area contributed by atoms with E-state index in [1.54, 1.807) is 24.3 Å². The second kappa shape index (κ2) is 6.39. The Morgan fingerprint density at radius 2 is 1.38 bits per heavy atom. The zero-order chi connectivity index (χ0) is 22.2. The van der Waals surface area contributed by atoms with E-state index in [4.69, 9.17) is 0 Å². The van der Waals surface area contributed by atoms with Gasteiger partial charge in [0.15, 0.2) is 0 Å². The van der Waals surface area contributed by atoms with E-state index in [0.717, 1.165) is 22.3 Å². The van der Waals surface area contributed by atoms with Gasteiger partial charge in [0.25, 0.3) is 0 Å². The molecule has 2 atom stereocenters. The van der Waals surface area contributed by atoms with Crippen molar-refractivity contribution in [2.45, 2.75) is 25.7 Å². The first-order valence-electron chi connectivity index (χ1n) is 10.9. The van der Waals surface area contributed by atoms with Crippen molar-refractivity contribution >= 4 is 29.1 Å². The molecule has 0 spiro atoms. The fourth-order valence-electron chi connectivity index (χ4n) is 6.26. The summed E-state index contributed by atoms with van der Waals surface area (Å²) in [5.41, 5.74) is 4.94. The number of carbonyl (C=O) groups is 3. The summed E-state index contributed by atoms with van der Waals surface area (Å²) in [6.07, 6.45) is 0. The van der Waals surface area contributed by atoms with Crippen LogP contribution in [0.15, 0.2) is 72.8 Å². The molecule has 3 amide bonds. The monoisotopic (exact) mass is 422 g/mol. The Bertz CT molecular complexity index is 1260. The molecule has 3 aliphatic carbocycles. The molecule has 0 aromatic heterocycles. The summed E-state index contributed by atoms with van der Waals surface area (Å²) in [6.45, 7) is 3.41. The lowest BCUT2D eigenvalue weighted by molar-refractivity contribution is -0.128. The van der Waals surface area contributed by atoms with E-state index in [2.05, 4.69) is 29.6 Å². The quantitative estimate of drug-likeness (QED) is 0.621. The fraction of sp³-hybridized carbons (Fsp3) is 0.222. The summed E-state index contributed by atoms with van der Waals surface area (Å²) < 4.78 is 0. The van der Waals surface area contributed by atoms with Gasteiger partial charge < -0.3 is 5.32 Å². The van der Waals surface area contributed by atoms with Crippen LogP contribution in [0.25, 0.3) is 0 Å². The molecule has 1 saturated heterocycles. The van der Waals surface area contributed by atoms with E-state index in [9.17, 15) is 14.4 Å². The molecule has 2 bridgehead atoms. The van der Waals surface area contributed by atoms with Crippen LogP contribution in [-0.4, -0.2) is 17.7 Å². The summed E-state index contributed by atoms with van der Waals surface area (Å²) >= 11 is 0. The Morgan fingerprint density at radius 1 is 0.844 bits per heavy atom. The number of anilines is 2. The minimum Gasteiger partial charge on any atom is -0.326 e. The predicted molar refractivity (Wildman–Crippen MR) is 121 cm³/mol. The first-order chi connectivity index (χ1) is 15.4. The summed E-state index contributed by atoms with van der Waals surface area (Å²) in [7, 11) is 0. The number of hydrogen-bond acceptors (Lipinski definition) is 3. The number of nitrogens with one attached hydrogen (secondary N) is 1. The van der Waals surface area contributed by atoms with Crippen molar-refractivity contribution < 1.29 is 14.4 Å². The lowest BCUT2D eigenvalue weighted by atomic mass is 9.48. The highest BCUT2D eigenvalue weighted by atomic mass is 16.2. The van der Waals surface area contributed by atoms with Crippen molar-refractivity contribution in [2.75, 3.05) is 10.2 Å². The molecular weight excluding hydrogens is 400 g/mol. The molecule has 1 N–H and O–H groups in total. The zero-order valence-corrected chi connectivity index (χ0v) is 17.8. The van der Waals surface area contributed by atoms with Crippen molar-refractivity contribution in [3.8, 4) is 0 Å². The predicted octanol–water partition coefficient (Wildman–Crippen LogP) is 4.43. The number of benzene rings is 3. The lowest BCUT2D eigenvalue weighted by Crippen LogP contribution is -2.49. The fourth-order valence-corrected chi connectivity index (χ4v) is 6.26. The van der Waals surface area contributed by atoms with Gasteiger partial charge in [-0.05, 0) is 53.4 Å². The summed E-state index contributed by atoms with van der Waals surface area (Å²) in [5, 5.41) is 2.72. The molecule has 5 heteroatoms. The average molecular weight is 422 g/mol. The Balaban J connectivity index is 1.51. The van der Waals surface area contributed by atoms with Crippen molar-refractivity contribution in [1.82, 2.24) is 0 Å². The Labute approximate surface area is 186 Å². The number of nitrogens with zero attached hydrogens (tertiary/aromatic N) is 1. The molecule has 32 heavy (non-hydrogen) atoms. The Hall–Kier alpha value is -3.73. The molecule has 4 aliphatic rings. The van der Waals surface area contributed by atoms with E-state index in [0.29, 0.717) is 11.4 Å². The van der Waals surface area contributed by atoms with Gasteiger partial charge in [0.1, 0.15) is 0 Å². The van der Waals surface area contributed by atoms with Gasteiger partial charge >= 0.3 is 0 Å². The molecule has 0 unspecified atom stereocenters.